The molecular formula is C12H18O12P2. The number of phenols is 1. The quantitative estimate of drug-likeness (QED) is 0.205. The summed E-state index contributed by atoms with van der Waals surface area (Å²) >= 11 is 0. The van der Waals surface area contributed by atoms with Gasteiger partial charge in [-0.1, -0.05) is 12.1 Å². The van der Waals surface area contributed by atoms with Gasteiger partial charge in [-0.3, -0.25) is 0 Å². The molecule has 0 atom stereocenters. The van der Waals surface area contributed by atoms with Gasteiger partial charge in [0.15, 0.2) is 5.79 Å². The van der Waals surface area contributed by atoms with Crippen LogP contribution in [0.2, 0.25) is 0 Å². The third-order valence-electron chi connectivity index (χ3n) is 2.48. The molecule has 14 heteroatoms. The van der Waals surface area contributed by atoms with Crippen molar-refractivity contribution in [2.24, 2.45) is 0 Å². The average Bonchev–Trinajstić information content (AvgIpc) is 2.35. The minimum absolute atomic E-state index is 0.0764. The van der Waals surface area contributed by atoms with Crippen molar-refractivity contribution in [3.63, 3.8) is 0 Å². The fourth-order valence-electron chi connectivity index (χ4n) is 1.69. The molecular weight excluding hydrogens is 398 g/mol. The summed E-state index contributed by atoms with van der Waals surface area (Å²) in [7, 11) is -9.28. The second-order valence-electron chi connectivity index (χ2n) is 4.81. The Bertz CT molecular complexity index is 703. The third kappa shape index (κ3) is 12.8. The van der Waals surface area contributed by atoms with Gasteiger partial charge in [-0.2, -0.15) is 0 Å². The number of allylic oxidation sites excluding steroid dienone is 2. The van der Waals surface area contributed by atoms with Gasteiger partial charge in [-0.25, -0.2) is 9.13 Å². The maximum atomic E-state index is 9.75. The first-order chi connectivity index (χ1) is 11.5. The van der Waals surface area contributed by atoms with Gasteiger partial charge in [-0.05, 0) is 29.8 Å². The molecule has 0 aromatic heterocycles. The van der Waals surface area contributed by atoms with E-state index in [-0.39, 0.29) is 17.9 Å². The Morgan fingerprint density at radius 3 is 1.50 bits per heavy atom. The molecule has 12 nitrogen and oxygen atoms in total. The van der Waals surface area contributed by atoms with Crippen LogP contribution in [0.5, 0.6) is 5.75 Å². The van der Waals surface area contributed by atoms with Crippen LogP contribution in [0.4, 0.5) is 0 Å². The molecule has 0 spiro atoms. The zero-order chi connectivity index (χ0) is 20.8. The monoisotopic (exact) mass is 416 g/mol. The van der Waals surface area contributed by atoms with E-state index in [1.165, 1.54) is 24.3 Å². The zero-order valence-electron chi connectivity index (χ0n) is 12.9. The van der Waals surface area contributed by atoms with Crippen molar-refractivity contribution in [1.82, 2.24) is 0 Å². The van der Waals surface area contributed by atoms with Crippen molar-refractivity contribution in [2.45, 2.75) is 12.2 Å². The van der Waals surface area contributed by atoms with Gasteiger partial charge in [0.2, 0.25) is 0 Å². The van der Waals surface area contributed by atoms with E-state index in [9.17, 15) is 15.3 Å². The van der Waals surface area contributed by atoms with Crippen LogP contribution >= 0.6 is 15.6 Å². The topological polar surface area (TPSA) is 236 Å². The van der Waals surface area contributed by atoms with Crippen LogP contribution in [-0.2, 0) is 9.13 Å². The fourth-order valence-corrected chi connectivity index (χ4v) is 1.69. The van der Waals surface area contributed by atoms with E-state index in [0.717, 1.165) is 0 Å². The molecule has 148 valence electrons. The van der Waals surface area contributed by atoms with E-state index in [1.807, 2.05) is 0 Å². The fraction of sp³-hybridized carbons (Fsp3) is 0.167. The van der Waals surface area contributed by atoms with Crippen LogP contribution in [0.25, 0.3) is 5.57 Å². The lowest BCUT2D eigenvalue weighted by molar-refractivity contribution is -0.112. The van der Waals surface area contributed by atoms with E-state index in [0.29, 0.717) is 11.1 Å². The normalized spacial score (nSPS) is 16.2. The van der Waals surface area contributed by atoms with Crippen LogP contribution < -0.4 is 0 Å². The first kappa shape index (κ1) is 24.4. The summed E-state index contributed by atoms with van der Waals surface area (Å²) in [5, 5.41) is 37.8. The minimum Gasteiger partial charge on any atom is -0.512 e. The van der Waals surface area contributed by atoms with Gasteiger partial charge < -0.3 is 49.8 Å². The molecule has 1 aromatic rings. The highest BCUT2D eigenvalue weighted by Crippen LogP contribution is 2.34. The number of aliphatic hydroxyl groups is 3. The van der Waals surface area contributed by atoms with Crippen molar-refractivity contribution in [2.75, 3.05) is 0 Å². The number of aliphatic hydroxyl groups excluding tert-OH is 1. The second-order valence-corrected chi connectivity index (χ2v) is 6.86. The Hall–Kier alpha value is -1.56. The summed E-state index contributed by atoms with van der Waals surface area (Å²) in [6, 6.07) is 6.09. The highest BCUT2D eigenvalue weighted by Gasteiger charge is 2.32. The Balaban J connectivity index is 0.000000520. The molecule has 0 bridgehead atoms. The van der Waals surface area contributed by atoms with Gasteiger partial charge in [0.05, 0.1) is 12.2 Å². The maximum Gasteiger partial charge on any atom is 0.466 e. The number of benzene rings is 1. The molecule has 0 saturated carbocycles. The Labute approximate surface area is 146 Å². The minimum atomic E-state index is -4.64. The molecule has 10 N–H and O–H groups in total. The standard InChI is InChI=1S/C12H12O4.2H3O4P/c13-9-3-1-8(2-4-9)11-6-5-10(14)7-12(11,15)16;2*1-5(2,3)4/h1-6,13-16H,7H2;2*(H3,1,2,3,4). The number of hydrogen-bond donors (Lipinski definition) is 10. The average molecular weight is 416 g/mol. The largest absolute Gasteiger partial charge is 0.512 e. The summed E-state index contributed by atoms with van der Waals surface area (Å²) in [4.78, 5) is 43.1. The lowest BCUT2D eigenvalue weighted by atomic mass is 9.90. The predicted octanol–water partition coefficient (Wildman–Crippen LogP) is -0.555. The van der Waals surface area contributed by atoms with E-state index in [1.54, 1.807) is 12.1 Å². The Morgan fingerprint density at radius 1 is 0.769 bits per heavy atom. The van der Waals surface area contributed by atoms with Crippen LogP contribution in [0.3, 0.4) is 0 Å². The summed E-state index contributed by atoms with van der Waals surface area (Å²) in [5.74, 6) is -2.04. The van der Waals surface area contributed by atoms with Crippen molar-refractivity contribution in [3.8, 4) is 5.75 Å². The molecule has 0 aliphatic heterocycles. The van der Waals surface area contributed by atoms with E-state index in [4.69, 9.17) is 43.6 Å². The van der Waals surface area contributed by atoms with Crippen LogP contribution in [0.1, 0.15) is 12.0 Å². The molecule has 0 unspecified atom stereocenters. The summed E-state index contributed by atoms with van der Waals surface area (Å²) < 4.78 is 17.8. The number of phosphoric acid groups is 2. The molecule has 0 amide bonds. The summed E-state index contributed by atoms with van der Waals surface area (Å²) in [6.07, 6.45) is 2.64. The van der Waals surface area contributed by atoms with E-state index in [2.05, 4.69) is 0 Å². The molecule has 1 aliphatic carbocycles. The first-order valence-electron chi connectivity index (χ1n) is 6.40. The Morgan fingerprint density at radius 2 is 1.15 bits per heavy atom. The van der Waals surface area contributed by atoms with Crippen LogP contribution in [0, 0.1) is 0 Å². The van der Waals surface area contributed by atoms with Crippen molar-refractivity contribution < 1.29 is 58.9 Å². The number of hydrogen-bond acceptors (Lipinski definition) is 6. The SMILES string of the molecule is O=P(O)(O)O.O=P(O)(O)O.OC1=CC=C(c2ccc(O)cc2)C(O)(O)C1. The highest BCUT2D eigenvalue weighted by molar-refractivity contribution is 7.45. The summed E-state index contributed by atoms with van der Waals surface area (Å²) in [5.41, 5.74) is 0.886. The van der Waals surface area contributed by atoms with Gasteiger partial charge in [0.25, 0.3) is 0 Å². The number of rotatable bonds is 1. The van der Waals surface area contributed by atoms with E-state index >= 15 is 0 Å². The van der Waals surface area contributed by atoms with Gasteiger partial charge in [0.1, 0.15) is 5.75 Å². The van der Waals surface area contributed by atoms with E-state index < -0.39 is 21.4 Å². The molecule has 0 fully saturated rings. The smallest absolute Gasteiger partial charge is 0.466 e. The van der Waals surface area contributed by atoms with Gasteiger partial charge in [0, 0.05) is 5.57 Å². The third-order valence-corrected chi connectivity index (χ3v) is 2.48. The first-order valence-corrected chi connectivity index (χ1v) is 9.53. The molecule has 0 saturated heterocycles. The summed E-state index contributed by atoms with van der Waals surface area (Å²) in [6.45, 7) is 0. The lowest BCUT2D eigenvalue weighted by Crippen LogP contribution is -2.32. The lowest BCUT2D eigenvalue weighted by Gasteiger charge is -2.27. The molecule has 0 heterocycles. The molecule has 2 rings (SSSR count). The number of phenolic OH excluding ortho intramolecular Hbond substituents is 1. The predicted molar refractivity (Wildman–Crippen MR) is 87.1 cm³/mol. The molecule has 0 radical (unpaired) electrons. The van der Waals surface area contributed by atoms with Gasteiger partial charge >= 0.3 is 15.6 Å². The second kappa shape index (κ2) is 9.40. The molecule has 26 heavy (non-hydrogen) atoms. The van der Waals surface area contributed by atoms with Crippen molar-refractivity contribution >= 4 is 21.2 Å². The van der Waals surface area contributed by atoms with Crippen LogP contribution in [0.15, 0.2) is 42.2 Å². The molecule has 1 aromatic carbocycles. The van der Waals surface area contributed by atoms with Crippen LogP contribution in [-0.4, -0.2) is 55.6 Å². The maximum absolute atomic E-state index is 9.75. The number of aromatic hydroxyl groups is 1. The highest BCUT2D eigenvalue weighted by atomic mass is 31.2. The van der Waals surface area contributed by atoms with Crippen molar-refractivity contribution in [1.29, 1.82) is 0 Å². The Kier molecular flexibility index (Phi) is 8.83. The molecule has 1 aliphatic rings. The zero-order valence-corrected chi connectivity index (χ0v) is 14.6. The van der Waals surface area contributed by atoms with Gasteiger partial charge in [-0.15, -0.1) is 0 Å². The van der Waals surface area contributed by atoms with Crippen molar-refractivity contribution in [3.05, 3.63) is 47.7 Å².